The summed E-state index contributed by atoms with van der Waals surface area (Å²) in [7, 11) is 0. The first-order valence-electron chi connectivity index (χ1n) is 36.7. The smallest absolute Gasteiger partial charge is 0.0726 e. The van der Waals surface area contributed by atoms with Crippen LogP contribution in [0.1, 0.15) is 83.5 Å². The fraction of sp³-hybridized carbons (Fsp3) is 0.0588. The zero-order valence-corrected chi connectivity index (χ0v) is 59.3. The predicted molar refractivity (Wildman–Crippen MR) is 439 cm³/mol. The molecule has 0 amide bonds. The quantitative estimate of drug-likeness (QED) is 0.127. The number of nitrogens with zero attached hydrogens (tertiary/aromatic N) is 2. The zero-order valence-electron chi connectivity index (χ0n) is 58.5. The summed E-state index contributed by atoms with van der Waals surface area (Å²) in [5, 5.41) is 2.55. The fourth-order valence-electron chi connectivity index (χ4n) is 19.4. The molecule has 16 aromatic carbocycles. The summed E-state index contributed by atoms with van der Waals surface area (Å²) < 4.78 is 2.54. The van der Waals surface area contributed by atoms with Crippen LogP contribution in [0, 0.1) is 20.8 Å². The van der Waals surface area contributed by atoms with E-state index in [-0.39, 0.29) is 0 Å². The lowest BCUT2D eigenvalue weighted by Crippen LogP contribution is -2.29. The minimum absolute atomic E-state index is 0.492. The number of rotatable bonds is 11. The second-order valence-electron chi connectivity index (χ2n) is 29.1. The SMILES string of the molecule is Cc1ccc2c(c1)C(c1ccccc1)(c1ccccc1)c1cc(N(c3ccc(-c4ccc(N(c5ccc6c(c5)C5(c7ccccc7-c7ccccc75)c5ccccc5-6)c5cccc6c5sc5ccccc56)cc4)c(C)c3)c3ccc4c(c3)C(c3ccccc3)(c3ccccc3)c3cc(C)ccc3-4)ccc1-2. The molecule has 0 radical (unpaired) electrons. The van der Waals surface area contributed by atoms with E-state index in [1.54, 1.807) is 0 Å². The van der Waals surface area contributed by atoms with E-state index in [0.717, 1.165) is 39.7 Å². The minimum Gasteiger partial charge on any atom is -0.310 e. The molecule has 2 nitrogen and oxygen atoms in total. The number of thiophene rings is 1. The van der Waals surface area contributed by atoms with Crippen molar-refractivity contribution < 1.29 is 0 Å². The highest BCUT2D eigenvalue weighted by Crippen LogP contribution is 2.65. The van der Waals surface area contributed by atoms with Gasteiger partial charge in [0.2, 0.25) is 0 Å². The average molecular weight is 1360 g/mol. The van der Waals surface area contributed by atoms with Crippen LogP contribution in [0.4, 0.5) is 34.1 Å². The van der Waals surface area contributed by atoms with Crippen LogP contribution in [0.15, 0.2) is 370 Å². The van der Waals surface area contributed by atoms with E-state index in [1.165, 1.54) is 154 Å². The Morgan fingerprint density at radius 3 is 1.03 bits per heavy atom. The first-order valence-corrected chi connectivity index (χ1v) is 37.5. The molecule has 0 atom stereocenters. The summed E-state index contributed by atoms with van der Waals surface area (Å²) in [6.45, 7) is 6.76. The van der Waals surface area contributed by atoms with Gasteiger partial charge in [0, 0.05) is 43.9 Å². The Labute approximate surface area is 617 Å². The normalized spacial score (nSPS) is 13.9. The maximum absolute atomic E-state index is 2.54. The molecule has 21 rings (SSSR count). The van der Waals surface area contributed by atoms with Gasteiger partial charge in [-0.2, -0.15) is 0 Å². The van der Waals surface area contributed by atoms with Crippen molar-refractivity contribution in [3.63, 3.8) is 0 Å². The molecule has 1 aromatic heterocycles. The van der Waals surface area contributed by atoms with Gasteiger partial charge in [-0.05, 0) is 222 Å². The number of aryl methyl sites for hydroxylation is 3. The highest BCUT2D eigenvalue weighted by molar-refractivity contribution is 7.26. The number of hydrogen-bond donors (Lipinski definition) is 0. The molecule has 0 saturated carbocycles. The molecule has 0 N–H and O–H groups in total. The van der Waals surface area contributed by atoms with Crippen molar-refractivity contribution in [2.75, 3.05) is 9.80 Å². The van der Waals surface area contributed by atoms with Gasteiger partial charge in [-0.1, -0.05) is 308 Å². The molecular weight excluding hydrogens is 1290 g/mol. The van der Waals surface area contributed by atoms with Crippen molar-refractivity contribution in [3.8, 4) is 55.6 Å². The summed E-state index contributed by atoms with van der Waals surface area (Å²) in [5.74, 6) is 0. The summed E-state index contributed by atoms with van der Waals surface area (Å²) in [6.07, 6.45) is 0. The van der Waals surface area contributed by atoms with Crippen LogP contribution >= 0.6 is 11.3 Å². The molecule has 1 heterocycles. The zero-order chi connectivity index (χ0) is 69.7. The molecule has 4 aliphatic carbocycles. The lowest BCUT2D eigenvalue weighted by molar-refractivity contribution is 0.766. The van der Waals surface area contributed by atoms with Crippen molar-refractivity contribution >= 4 is 65.6 Å². The molecule has 0 aliphatic heterocycles. The third kappa shape index (κ3) is 8.71. The molecule has 3 heteroatoms. The molecule has 17 aromatic rings. The van der Waals surface area contributed by atoms with Crippen LogP contribution in [-0.4, -0.2) is 0 Å². The highest BCUT2D eigenvalue weighted by atomic mass is 32.1. The van der Waals surface area contributed by atoms with Crippen LogP contribution in [0.2, 0.25) is 0 Å². The van der Waals surface area contributed by atoms with Crippen LogP contribution in [0.5, 0.6) is 0 Å². The van der Waals surface area contributed by atoms with Crippen molar-refractivity contribution in [2.45, 2.75) is 37.0 Å². The lowest BCUT2D eigenvalue weighted by atomic mass is 9.67. The van der Waals surface area contributed by atoms with Gasteiger partial charge in [0.25, 0.3) is 0 Å². The Morgan fingerprint density at radius 2 is 0.571 bits per heavy atom. The molecule has 105 heavy (non-hydrogen) atoms. The first kappa shape index (κ1) is 61.0. The second kappa shape index (κ2) is 23.4. The number of fused-ring (bicyclic) bond motifs is 19. The molecule has 0 fully saturated rings. The van der Waals surface area contributed by atoms with Gasteiger partial charge in [0.15, 0.2) is 0 Å². The average Bonchev–Trinajstić information content (AvgIpc) is 1.52. The monoisotopic (exact) mass is 1350 g/mol. The van der Waals surface area contributed by atoms with Crippen LogP contribution in [0.3, 0.4) is 0 Å². The molecule has 0 unspecified atom stereocenters. The Balaban J connectivity index is 0.743. The maximum atomic E-state index is 2.54. The van der Waals surface area contributed by atoms with Crippen molar-refractivity contribution in [1.29, 1.82) is 0 Å². The summed E-state index contributed by atoms with van der Waals surface area (Å²) in [6, 6.07) is 141. The number of hydrogen-bond acceptors (Lipinski definition) is 3. The van der Waals surface area contributed by atoms with Crippen molar-refractivity contribution in [1.82, 2.24) is 0 Å². The summed E-state index contributed by atoms with van der Waals surface area (Å²) in [5.41, 5.74) is 36.5. The van der Waals surface area contributed by atoms with Crippen molar-refractivity contribution in [3.05, 3.63) is 454 Å². The molecule has 0 bridgehead atoms. The Kier molecular flexibility index (Phi) is 13.6. The molecule has 494 valence electrons. The van der Waals surface area contributed by atoms with Gasteiger partial charge in [0.05, 0.1) is 26.6 Å². The molecule has 1 spiro atoms. The van der Waals surface area contributed by atoms with E-state index in [2.05, 4.69) is 401 Å². The Bertz CT molecular complexity index is 6050. The van der Waals surface area contributed by atoms with Crippen LogP contribution in [-0.2, 0) is 16.2 Å². The van der Waals surface area contributed by atoms with E-state index in [4.69, 9.17) is 0 Å². The van der Waals surface area contributed by atoms with Crippen molar-refractivity contribution in [2.24, 2.45) is 0 Å². The van der Waals surface area contributed by atoms with Gasteiger partial charge >= 0.3 is 0 Å². The van der Waals surface area contributed by atoms with Gasteiger partial charge in [-0.3, -0.25) is 0 Å². The molecular formula is C102H70N2S. The Hall–Kier alpha value is -12.7. The first-order chi connectivity index (χ1) is 51.8. The minimum atomic E-state index is -0.608. The number of benzene rings is 16. The lowest BCUT2D eigenvalue weighted by Gasteiger charge is -2.36. The topological polar surface area (TPSA) is 6.48 Å². The van der Waals surface area contributed by atoms with E-state index in [9.17, 15) is 0 Å². The van der Waals surface area contributed by atoms with Gasteiger partial charge in [-0.25, -0.2) is 0 Å². The largest absolute Gasteiger partial charge is 0.310 e. The summed E-state index contributed by atoms with van der Waals surface area (Å²) in [4.78, 5) is 5.07. The fourth-order valence-corrected chi connectivity index (χ4v) is 20.6. The van der Waals surface area contributed by atoms with Crippen LogP contribution in [0.25, 0.3) is 75.8 Å². The molecule has 0 saturated heterocycles. The molecule has 4 aliphatic rings. The highest BCUT2D eigenvalue weighted by Gasteiger charge is 2.53. The van der Waals surface area contributed by atoms with E-state index in [1.807, 2.05) is 11.3 Å². The van der Waals surface area contributed by atoms with E-state index in [0.29, 0.717) is 0 Å². The van der Waals surface area contributed by atoms with Gasteiger partial charge in [0.1, 0.15) is 0 Å². The number of anilines is 6. The summed E-state index contributed by atoms with van der Waals surface area (Å²) >= 11 is 1.88. The van der Waals surface area contributed by atoms with Crippen LogP contribution < -0.4 is 9.80 Å². The van der Waals surface area contributed by atoms with Gasteiger partial charge in [-0.15, -0.1) is 11.3 Å². The van der Waals surface area contributed by atoms with E-state index >= 15 is 0 Å². The standard InChI is InChI=1S/C102H70N2S/c1-65-43-53-82-85-56-50-75(62-94(85)100(92(82)59-65,69-25-8-4-9-26-69)70-27-10-5-11-28-70)103(76-51-57-86-83-54-44-66(2)60-93(83)101(95(86)63-76,71-29-12-6-13-30-71)72-31-14-7-15-32-72)74-49-55-78(67(3)61-74)68-45-47-73(48-46-68)104(97-41-24-37-88-87-36-19-23-42-98(87)105-99(88)97)77-52-58-84-81-35-18-22-40-91(81)102(96(84)64-77)89-38-20-16-33-79(89)80-34-17-21-39-90(80)102/h4-64H,1-3H3. The van der Waals surface area contributed by atoms with E-state index < -0.39 is 16.2 Å². The maximum Gasteiger partial charge on any atom is 0.0726 e. The third-order valence-electron chi connectivity index (χ3n) is 23.7. The second-order valence-corrected chi connectivity index (χ2v) is 30.2. The predicted octanol–water partition coefficient (Wildman–Crippen LogP) is 26.7. The van der Waals surface area contributed by atoms with Gasteiger partial charge < -0.3 is 9.80 Å². The Morgan fingerprint density at radius 1 is 0.229 bits per heavy atom. The third-order valence-corrected chi connectivity index (χ3v) is 24.9.